The molecule has 1 atom stereocenters. The molecule has 0 amide bonds. The van der Waals surface area contributed by atoms with E-state index >= 15 is 4.39 Å². The van der Waals surface area contributed by atoms with Crippen molar-refractivity contribution in [3.05, 3.63) is 12.2 Å². The maximum absolute atomic E-state index is 15.4. The van der Waals surface area contributed by atoms with Crippen LogP contribution >= 0.6 is 0 Å². The Morgan fingerprint density at radius 1 is 0.257 bits per heavy atom. The molecule has 0 radical (unpaired) electrons. The second kappa shape index (κ2) is 16.1. The van der Waals surface area contributed by atoms with Crippen LogP contribution in [0.3, 0.4) is 0 Å². The number of carbonyl (C=O) groups excluding carboxylic acids is 1. The van der Waals surface area contributed by atoms with Crippen LogP contribution in [0.2, 0.25) is 0 Å². The predicted octanol–water partition coefficient (Wildman–Crippen LogP) is 14.3. The van der Waals surface area contributed by atoms with Crippen LogP contribution in [0.5, 0.6) is 0 Å². The Hall–Kier alpha value is -3.80. The molecule has 0 aliphatic heterocycles. The number of hydrogen-bond acceptors (Lipinski definition) is 2. The summed E-state index contributed by atoms with van der Waals surface area (Å²) < 4.78 is 595. The van der Waals surface area contributed by atoms with Crippen molar-refractivity contribution in [2.75, 3.05) is 0 Å². The van der Waals surface area contributed by atoms with Gasteiger partial charge in [0.15, 0.2) is 0 Å². The van der Waals surface area contributed by atoms with E-state index in [1.54, 1.807) is 11.3 Å². The molecule has 0 rings (SSSR count). The zero-order valence-electron chi connectivity index (χ0n) is 30.3. The van der Waals surface area contributed by atoms with Crippen LogP contribution in [0.4, 0.5) is 189 Å². The quantitative estimate of drug-likeness (QED) is 0.0732. The van der Waals surface area contributed by atoms with Crippen molar-refractivity contribution in [1.29, 1.82) is 0 Å². The van der Waals surface area contributed by atoms with Crippen molar-refractivity contribution in [1.82, 2.24) is 0 Å². The van der Waals surface area contributed by atoms with E-state index in [2.05, 4.69) is 0 Å². The third kappa shape index (κ3) is 7.48. The zero-order chi connectivity index (χ0) is 58.4. The SMILES string of the molecule is C=C(C)C(=O)OC(F)(C(F)(F)C(F)(F)C(F)(F)C(F)(F)C(F)(F)C(F)(F)C(F)(F)C(F)(F)C(F)(F)C(F)(F)F)C(F)(F)C(F)(F)C(F)(F)C(F)(F)C(F)(F)C(F)(F)C(F)(F)C(F)(C(F)(F)F)C(F)(F)F. The third-order valence-electron chi connectivity index (χ3n) is 8.48. The molecule has 0 spiro atoms. The number of rotatable bonds is 19. The second-order valence-electron chi connectivity index (χ2n) is 13.1. The molecule has 0 aromatic heterocycles. The fraction of sp³-hybridized carbons (Fsp3) is 0.880. The molecule has 0 bridgehead atoms. The smallest absolute Gasteiger partial charge is 0.413 e. The topological polar surface area (TPSA) is 26.3 Å². The van der Waals surface area contributed by atoms with Crippen LogP contribution in [-0.2, 0) is 9.53 Å². The average molecular weight is 1150 g/mol. The van der Waals surface area contributed by atoms with Gasteiger partial charge in [-0.15, -0.1) is 0 Å². The van der Waals surface area contributed by atoms with Crippen molar-refractivity contribution < 1.29 is 198 Å². The van der Waals surface area contributed by atoms with Crippen LogP contribution < -0.4 is 0 Å². The number of hydrogen-bond donors (Lipinski definition) is 0. The molecule has 2 nitrogen and oxygen atoms in total. The van der Waals surface area contributed by atoms with Gasteiger partial charge in [-0.2, -0.15) is 184 Å². The van der Waals surface area contributed by atoms with Gasteiger partial charge < -0.3 is 4.74 Å². The van der Waals surface area contributed by atoms with Gasteiger partial charge in [0.1, 0.15) is 0 Å². The summed E-state index contributed by atoms with van der Waals surface area (Å²) in [4.78, 5) is 11.5. The molecule has 418 valence electrons. The van der Waals surface area contributed by atoms with E-state index < -0.39 is 143 Å². The van der Waals surface area contributed by atoms with Gasteiger partial charge >= 0.3 is 131 Å². The first-order valence-electron chi connectivity index (χ1n) is 14.8. The van der Waals surface area contributed by atoms with Crippen LogP contribution in [0.25, 0.3) is 0 Å². The Morgan fingerprint density at radius 2 is 0.414 bits per heavy atom. The molecular weight excluding hydrogens is 1150 g/mol. The number of carbonyl (C=O) groups is 1. The number of ether oxygens (including phenoxy) is 1. The Bertz CT molecular complexity index is 1940. The Morgan fingerprint density at radius 3 is 0.571 bits per heavy atom. The van der Waals surface area contributed by atoms with E-state index in [9.17, 15) is 189 Å². The van der Waals surface area contributed by atoms with E-state index in [1.165, 1.54) is 0 Å². The summed E-state index contributed by atoms with van der Waals surface area (Å²) in [6, 6.07) is 0. The molecular formula is C25H5F43O2. The lowest BCUT2D eigenvalue weighted by Gasteiger charge is -2.49. The molecule has 0 N–H and O–H groups in total. The van der Waals surface area contributed by atoms with Crippen molar-refractivity contribution in [3.8, 4) is 0 Å². The predicted molar refractivity (Wildman–Crippen MR) is 126 cm³/mol. The van der Waals surface area contributed by atoms with Gasteiger partial charge in [-0.25, -0.2) is 9.18 Å². The molecule has 0 heterocycles. The van der Waals surface area contributed by atoms with E-state index in [-0.39, 0.29) is 0 Å². The maximum Gasteiger partial charge on any atom is 0.460 e. The van der Waals surface area contributed by atoms with Gasteiger partial charge in [0, 0.05) is 5.57 Å². The van der Waals surface area contributed by atoms with Gasteiger partial charge in [-0.3, -0.25) is 0 Å². The van der Waals surface area contributed by atoms with Crippen LogP contribution in [-0.4, -0.2) is 131 Å². The zero-order valence-corrected chi connectivity index (χ0v) is 30.3. The molecule has 0 saturated carbocycles. The lowest BCUT2D eigenvalue weighted by atomic mass is 9.80. The average Bonchev–Trinajstić information content (AvgIpc) is 3.11. The number of alkyl halides is 43. The van der Waals surface area contributed by atoms with Gasteiger partial charge in [0.2, 0.25) is 0 Å². The lowest BCUT2D eigenvalue weighted by molar-refractivity contribution is -0.504. The van der Waals surface area contributed by atoms with E-state index in [1.807, 2.05) is 0 Å². The minimum Gasteiger partial charge on any atom is -0.413 e. The van der Waals surface area contributed by atoms with Crippen LogP contribution in [0.15, 0.2) is 12.2 Å². The summed E-state index contributed by atoms with van der Waals surface area (Å²) in [6.45, 7) is 1.11. The molecule has 0 aliphatic rings. The highest BCUT2D eigenvalue weighted by Crippen LogP contribution is 2.72. The van der Waals surface area contributed by atoms with Gasteiger partial charge in [-0.05, 0) is 6.92 Å². The third-order valence-corrected chi connectivity index (χ3v) is 8.48. The van der Waals surface area contributed by atoms with Crippen molar-refractivity contribution in [2.45, 2.75) is 132 Å². The fourth-order valence-corrected chi connectivity index (χ4v) is 4.22. The van der Waals surface area contributed by atoms with Crippen LogP contribution in [0.1, 0.15) is 6.92 Å². The summed E-state index contributed by atoms with van der Waals surface area (Å²) in [5, 5.41) is 0. The normalized spacial score (nSPS) is 17.7. The molecule has 0 aromatic carbocycles. The second-order valence-corrected chi connectivity index (χ2v) is 13.1. The number of halogens is 43. The fourth-order valence-electron chi connectivity index (χ4n) is 4.22. The molecule has 1 unspecified atom stereocenters. The highest BCUT2D eigenvalue weighted by Gasteiger charge is 3.04. The molecule has 0 saturated heterocycles. The van der Waals surface area contributed by atoms with Crippen LogP contribution in [0, 0.1) is 0 Å². The number of esters is 1. The summed E-state index contributed by atoms with van der Waals surface area (Å²) >= 11 is 0. The molecule has 45 heteroatoms. The first kappa shape index (κ1) is 66.2. The first-order chi connectivity index (χ1) is 29.3. The standard InChI is InChI=1S/C25H5F43O2/c1-3(2)4(69)70-22(59,19(53,54)16(47,48)13(41,42)9(33,34)8(31,32)7(29,30)6(27,28)5(26,23(60,61)62)24(63,64)65)20(55,56)17(49,50)14(43,44)11(37,38)10(35,36)12(39,40)15(45,46)18(51,52)21(57,58)25(66,67)68/h1H2,2H3. The highest BCUT2D eigenvalue weighted by atomic mass is 19.5. The first-order valence-corrected chi connectivity index (χ1v) is 14.8. The summed E-state index contributed by atoms with van der Waals surface area (Å²) in [5.74, 6) is -180. The summed E-state index contributed by atoms with van der Waals surface area (Å²) in [6.07, 6.45) is -26.7. The minimum atomic E-state index is -10.7. The molecule has 0 fully saturated rings. The summed E-state index contributed by atoms with van der Waals surface area (Å²) in [5.41, 5.74) is -12.3. The minimum absolute atomic E-state index is 0.642. The van der Waals surface area contributed by atoms with E-state index in [4.69, 9.17) is 0 Å². The maximum atomic E-state index is 15.4. The van der Waals surface area contributed by atoms with Crippen molar-refractivity contribution >= 4 is 5.97 Å². The van der Waals surface area contributed by atoms with Crippen molar-refractivity contribution in [2.24, 2.45) is 0 Å². The molecule has 0 aromatic rings. The van der Waals surface area contributed by atoms with E-state index in [0.717, 1.165) is 0 Å². The van der Waals surface area contributed by atoms with E-state index in [0.29, 0.717) is 0 Å². The van der Waals surface area contributed by atoms with Gasteiger partial charge in [-0.1, -0.05) is 6.58 Å². The molecule has 0 aliphatic carbocycles. The van der Waals surface area contributed by atoms with Gasteiger partial charge in [0.05, 0.1) is 0 Å². The Balaban J connectivity index is 8.73. The monoisotopic (exact) mass is 1150 g/mol. The Labute approximate surface area is 349 Å². The largest absolute Gasteiger partial charge is 0.460 e. The lowest BCUT2D eigenvalue weighted by Crippen LogP contribution is -2.82. The van der Waals surface area contributed by atoms with Crippen molar-refractivity contribution in [3.63, 3.8) is 0 Å². The molecule has 70 heavy (non-hydrogen) atoms. The summed E-state index contributed by atoms with van der Waals surface area (Å²) in [7, 11) is 0. The van der Waals surface area contributed by atoms with Gasteiger partial charge in [0.25, 0.3) is 0 Å². The highest BCUT2D eigenvalue weighted by molar-refractivity contribution is 5.87. The Kier molecular flexibility index (Phi) is 15.2.